The third-order valence-corrected chi connectivity index (χ3v) is 1.61. The van der Waals surface area contributed by atoms with Crippen molar-refractivity contribution in [1.29, 1.82) is 0 Å². The van der Waals surface area contributed by atoms with Gasteiger partial charge >= 0.3 is 0 Å². The molecule has 2 radical (unpaired) electrons. The fourth-order valence-electron chi connectivity index (χ4n) is 1.08. The van der Waals surface area contributed by atoms with E-state index in [9.17, 15) is 0 Å². The van der Waals surface area contributed by atoms with Gasteiger partial charge in [-0.1, -0.05) is 0 Å². The van der Waals surface area contributed by atoms with Crippen LogP contribution in [0, 0.1) is 0 Å². The third kappa shape index (κ3) is 1.97. The molecule has 0 N–H and O–H groups in total. The predicted octanol–water partition coefficient (Wildman–Crippen LogP) is 0.238. The molecule has 0 aromatic heterocycles. The molecule has 3 nitrogen and oxygen atoms in total. The van der Waals surface area contributed by atoms with Crippen LogP contribution < -0.4 is 0 Å². The Morgan fingerprint density at radius 2 is 2.40 bits per heavy atom. The van der Waals surface area contributed by atoms with Gasteiger partial charge < -0.3 is 14.1 Å². The van der Waals surface area contributed by atoms with Crippen molar-refractivity contribution < 1.29 is 14.1 Å². The molecule has 1 heterocycles. The fraction of sp³-hybridized carbons (Fsp3) is 1.00. The van der Waals surface area contributed by atoms with Gasteiger partial charge in [0.05, 0.1) is 12.7 Å². The maximum atomic E-state index is 5.32. The Morgan fingerprint density at radius 1 is 1.60 bits per heavy atom. The molecule has 56 valence electrons. The Bertz CT molecular complexity index is 99.0. The summed E-state index contributed by atoms with van der Waals surface area (Å²) < 4.78 is 14.7. The molecule has 0 bridgehead atoms. The van der Waals surface area contributed by atoms with Gasteiger partial charge in [0.25, 0.3) is 8.05 Å². The van der Waals surface area contributed by atoms with Crippen molar-refractivity contribution in [2.75, 3.05) is 13.7 Å². The zero-order chi connectivity index (χ0) is 7.40. The second-order valence-electron chi connectivity index (χ2n) is 2.33. The van der Waals surface area contributed by atoms with Gasteiger partial charge in [0.15, 0.2) is 6.29 Å². The lowest BCUT2D eigenvalue weighted by atomic mass is 10.2. The van der Waals surface area contributed by atoms with Gasteiger partial charge in [-0.15, -0.1) is 0 Å². The van der Waals surface area contributed by atoms with E-state index in [1.54, 1.807) is 7.11 Å². The summed E-state index contributed by atoms with van der Waals surface area (Å²) in [5.74, 6) is 0. The number of hydrogen-bond donors (Lipinski definition) is 0. The lowest BCUT2D eigenvalue weighted by Crippen LogP contribution is -2.16. The minimum atomic E-state index is -0.0554. The predicted molar refractivity (Wildman–Crippen MR) is 36.6 cm³/mol. The quantitative estimate of drug-likeness (QED) is 0.528. The van der Waals surface area contributed by atoms with Crippen LogP contribution >= 0.6 is 0 Å². The molecule has 1 aliphatic rings. The molecule has 2 unspecified atom stereocenters. The van der Waals surface area contributed by atoms with Crippen molar-refractivity contribution in [2.24, 2.45) is 0 Å². The van der Waals surface area contributed by atoms with Crippen LogP contribution in [0.4, 0.5) is 0 Å². The average molecular weight is 142 g/mol. The van der Waals surface area contributed by atoms with E-state index >= 15 is 0 Å². The number of ether oxygens (including phenoxy) is 2. The first-order valence-electron chi connectivity index (χ1n) is 3.36. The summed E-state index contributed by atoms with van der Waals surface area (Å²) in [4.78, 5) is 0. The maximum absolute atomic E-state index is 5.32. The summed E-state index contributed by atoms with van der Waals surface area (Å²) in [7, 11) is 6.51. The lowest BCUT2D eigenvalue weighted by molar-refractivity contribution is -0.120. The van der Waals surface area contributed by atoms with Crippen LogP contribution in [0.5, 0.6) is 0 Å². The maximum Gasteiger partial charge on any atom is 0.282 e. The normalized spacial score (nSPS) is 32.9. The second-order valence-corrected chi connectivity index (χ2v) is 2.33. The van der Waals surface area contributed by atoms with E-state index in [-0.39, 0.29) is 12.4 Å². The standard InChI is InChI=1S/C6H11BO3/c1-8-6-3-2-5(10-6)4-9-7/h5-6H,2-4H2,1H3. The first-order valence-corrected chi connectivity index (χ1v) is 3.36. The monoisotopic (exact) mass is 142 g/mol. The summed E-state index contributed by atoms with van der Waals surface area (Å²) in [6.45, 7) is 0.458. The van der Waals surface area contributed by atoms with Crippen LogP contribution in [0.15, 0.2) is 0 Å². The molecule has 0 aliphatic carbocycles. The first-order chi connectivity index (χ1) is 4.86. The molecule has 4 heteroatoms. The highest BCUT2D eigenvalue weighted by Crippen LogP contribution is 2.19. The zero-order valence-electron chi connectivity index (χ0n) is 6.08. The Kier molecular flexibility index (Phi) is 3.18. The topological polar surface area (TPSA) is 27.7 Å². The van der Waals surface area contributed by atoms with E-state index in [1.165, 1.54) is 0 Å². The van der Waals surface area contributed by atoms with E-state index < -0.39 is 0 Å². The SMILES string of the molecule is [B]OCC1CCC(OC)O1. The molecule has 2 atom stereocenters. The van der Waals surface area contributed by atoms with Gasteiger partial charge in [0.1, 0.15) is 0 Å². The highest BCUT2D eigenvalue weighted by molar-refractivity contribution is 5.97. The largest absolute Gasteiger partial charge is 0.445 e. The van der Waals surface area contributed by atoms with Gasteiger partial charge in [-0.25, -0.2) is 0 Å². The molecule has 10 heavy (non-hydrogen) atoms. The molecule has 0 saturated carbocycles. The van der Waals surface area contributed by atoms with Gasteiger partial charge in [-0.05, 0) is 6.42 Å². The van der Waals surface area contributed by atoms with E-state index in [2.05, 4.69) is 4.65 Å². The molecular weight excluding hydrogens is 131 g/mol. The summed E-state index contributed by atoms with van der Waals surface area (Å²) >= 11 is 0. The van der Waals surface area contributed by atoms with E-state index in [1.807, 2.05) is 0 Å². The molecule has 0 aromatic carbocycles. The number of methoxy groups -OCH3 is 1. The fourth-order valence-corrected chi connectivity index (χ4v) is 1.08. The third-order valence-electron chi connectivity index (χ3n) is 1.61. The molecule has 1 saturated heterocycles. The molecule has 0 spiro atoms. The van der Waals surface area contributed by atoms with Gasteiger partial charge in [0, 0.05) is 13.5 Å². The van der Waals surface area contributed by atoms with Crippen LogP contribution in [0.3, 0.4) is 0 Å². The van der Waals surface area contributed by atoms with E-state index in [0.717, 1.165) is 12.8 Å². The summed E-state index contributed by atoms with van der Waals surface area (Å²) in [5.41, 5.74) is 0. The van der Waals surface area contributed by atoms with Gasteiger partial charge in [-0.3, -0.25) is 0 Å². The van der Waals surface area contributed by atoms with Crippen molar-refractivity contribution in [2.45, 2.75) is 25.2 Å². The highest BCUT2D eigenvalue weighted by atomic mass is 16.7. The van der Waals surface area contributed by atoms with Gasteiger partial charge in [0.2, 0.25) is 0 Å². The van der Waals surface area contributed by atoms with Crippen LogP contribution in [-0.2, 0) is 14.1 Å². The highest BCUT2D eigenvalue weighted by Gasteiger charge is 2.23. The van der Waals surface area contributed by atoms with Crippen LogP contribution in [0.2, 0.25) is 0 Å². The smallest absolute Gasteiger partial charge is 0.282 e. The Labute approximate surface area is 62.1 Å². The Balaban J connectivity index is 2.15. The van der Waals surface area contributed by atoms with Crippen LogP contribution in [0.1, 0.15) is 12.8 Å². The van der Waals surface area contributed by atoms with Crippen LogP contribution in [0.25, 0.3) is 0 Å². The second kappa shape index (κ2) is 3.96. The average Bonchev–Trinajstić information content (AvgIpc) is 2.37. The van der Waals surface area contributed by atoms with Crippen molar-refractivity contribution in [3.8, 4) is 0 Å². The minimum absolute atomic E-state index is 0.0554. The van der Waals surface area contributed by atoms with Crippen molar-refractivity contribution >= 4 is 8.05 Å². The van der Waals surface area contributed by atoms with Crippen molar-refractivity contribution in [3.63, 3.8) is 0 Å². The number of hydrogen-bond acceptors (Lipinski definition) is 3. The van der Waals surface area contributed by atoms with E-state index in [0.29, 0.717) is 6.61 Å². The zero-order valence-corrected chi connectivity index (χ0v) is 6.08. The molecule has 1 fully saturated rings. The van der Waals surface area contributed by atoms with Crippen molar-refractivity contribution in [1.82, 2.24) is 0 Å². The molecule has 1 rings (SSSR count). The molecule has 1 aliphatic heterocycles. The van der Waals surface area contributed by atoms with Gasteiger partial charge in [-0.2, -0.15) is 0 Å². The summed E-state index contributed by atoms with van der Waals surface area (Å²) in [5, 5.41) is 0. The Hall–Kier alpha value is -0.0551. The lowest BCUT2D eigenvalue weighted by Gasteiger charge is -2.10. The summed E-state index contributed by atoms with van der Waals surface area (Å²) in [6, 6.07) is 0. The number of rotatable bonds is 3. The van der Waals surface area contributed by atoms with Crippen LogP contribution in [-0.4, -0.2) is 34.2 Å². The van der Waals surface area contributed by atoms with Crippen molar-refractivity contribution in [3.05, 3.63) is 0 Å². The Morgan fingerprint density at radius 3 is 2.90 bits per heavy atom. The summed E-state index contributed by atoms with van der Waals surface area (Å²) in [6.07, 6.45) is 1.97. The first kappa shape index (κ1) is 8.05. The molecular formula is C6H11BO3. The molecule has 0 aromatic rings. The minimum Gasteiger partial charge on any atom is -0.445 e. The van der Waals surface area contributed by atoms with E-state index in [4.69, 9.17) is 17.5 Å². The molecule has 0 amide bonds.